The van der Waals surface area contributed by atoms with E-state index < -0.39 is 5.54 Å². The molecule has 134 valence electrons. The first-order chi connectivity index (χ1) is 10.9. The van der Waals surface area contributed by atoms with Crippen LogP contribution in [-0.4, -0.2) is 34.5 Å². The number of amides is 2. The fourth-order valence-electron chi connectivity index (χ4n) is 2.37. The molecule has 1 aromatic rings. The van der Waals surface area contributed by atoms with Crippen molar-refractivity contribution < 1.29 is 9.59 Å². The Morgan fingerprint density at radius 3 is 2.38 bits per heavy atom. The fraction of sp³-hybridized carbons (Fsp3) is 0.588. The number of nitrogens with one attached hydrogen (secondary N) is 2. The lowest BCUT2D eigenvalue weighted by Crippen LogP contribution is -2.45. The third-order valence-corrected chi connectivity index (χ3v) is 3.45. The number of hydrogen-bond acceptors (Lipinski definition) is 4. The average molecular weight is 336 g/mol. The Bertz CT molecular complexity index is 684. The molecule has 0 aliphatic carbocycles. The normalized spacial score (nSPS) is 11.5. The highest BCUT2D eigenvalue weighted by Crippen LogP contribution is 2.11. The van der Waals surface area contributed by atoms with Crippen LogP contribution in [0.1, 0.15) is 49.3 Å². The van der Waals surface area contributed by atoms with Gasteiger partial charge in [-0.25, -0.2) is 0 Å². The van der Waals surface area contributed by atoms with Crippen LogP contribution in [-0.2, 0) is 11.3 Å². The number of aryl methyl sites for hydroxylation is 1. The van der Waals surface area contributed by atoms with Crippen LogP contribution < -0.4 is 21.9 Å². The first-order valence-electron chi connectivity index (χ1n) is 8.00. The maximum absolute atomic E-state index is 12.5. The third-order valence-electron chi connectivity index (χ3n) is 3.45. The maximum atomic E-state index is 12.5. The Morgan fingerprint density at radius 2 is 1.88 bits per heavy atom. The highest BCUT2D eigenvalue weighted by molar-refractivity contribution is 5.96. The van der Waals surface area contributed by atoms with Crippen molar-refractivity contribution in [3.63, 3.8) is 0 Å². The molecule has 1 rings (SSSR count). The molecule has 0 atom stereocenters. The predicted molar refractivity (Wildman–Crippen MR) is 94.1 cm³/mol. The zero-order chi connectivity index (χ0) is 18.7. The molecule has 4 N–H and O–H groups in total. The van der Waals surface area contributed by atoms with Gasteiger partial charge in [-0.05, 0) is 47.1 Å². The average Bonchev–Trinajstić information content (AvgIpc) is 2.39. The fourth-order valence-corrected chi connectivity index (χ4v) is 2.37. The summed E-state index contributed by atoms with van der Waals surface area (Å²) in [7, 11) is 0. The van der Waals surface area contributed by atoms with E-state index >= 15 is 0 Å². The number of hydrogen-bond donors (Lipinski definition) is 3. The van der Waals surface area contributed by atoms with Gasteiger partial charge < -0.3 is 20.9 Å². The number of carbonyl (C=O) groups excluding carboxylic acids is 2. The van der Waals surface area contributed by atoms with Crippen LogP contribution in [0.2, 0.25) is 0 Å². The monoisotopic (exact) mass is 336 g/mol. The molecule has 0 aromatic carbocycles. The van der Waals surface area contributed by atoms with Crippen LogP contribution in [0.15, 0.2) is 10.9 Å². The first kappa shape index (κ1) is 19.9. The highest BCUT2D eigenvalue weighted by atomic mass is 16.2. The van der Waals surface area contributed by atoms with E-state index in [4.69, 9.17) is 5.73 Å². The smallest absolute Gasteiger partial charge is 0.253 e. The SMILES string of the molecule is Cc1cc(=O)n(CC(=O)NC(C)C)c(C)c1C(=O)NCC(C)(C)N. The Hall–Kier alpha value is -2.15. The van der Waals surface area contributed by atoms with Crippen molar-refractivity contribution in [3.05, 3.63) is 33.2 Å². The van der Waals surface area contributed by atoms with E-state index in [1.54, 1.807) is 13.8 Å². The minimum Gasteiger partial charge on any atom is -0.352 e. The van der Waals surface area contributed by atoms with Crippen LogP contribution in [0, 0.1) is 13.8 Å². The third kappa shape index (κ3) is 5.49. The maximum Gasteiger partial charge on any atom is 0.253 e. The molecule has 0 unspecified atom stereocenters. The van der Waals surface area contributed by atoms with E-state index in [2.05, 4.69) is 10.6 Å². The van der Waals surface area contributed by atoms with Crippen molar-refractivity contribution in [2.45, 2.75) is 59.7 Å². The van der Waals surface area contributed by atoms with Crippen LogP contribution in [0.3, 0.4) is 0 Å². The second-order valence-electron chi connectivity index (χ2n) is 7.11. The van der Waals surface area contributed by atoms with Crippen molar-refractivity contribution in [3.8, 4) is 0 Å². The first-order valence-corrected chi connectivity index (χ1v) is 8.00. The molecule has 0 aliphatic rings. The number of pyridine rings is 1. The topological polar surface area (TPSA) is 106 Å². The summed E-state index contributed by atoms with van der Waals surface area (Å²) in [5.41, 5.74) is 6.47. The zero-order valence-electron chi connectivity index (χ0n) is 15.3. The van der Waals surface area contributed by atoms with Gasteiger partial charge in [0.2, 0.25) is 5.91 Å². The Balaban J connectivity index is 3.14. The lowest BCUT2D eigenvalue weighted by atomic mass is 10.0. The molecule has 0 fully saturated rings. The van der Waals surface area contributed by atoms with Gasteiger partial charge in [0, 0.05) is 29.9 Å². The van der Waals surface area contributed by atoms with E-state index in [1.807, 2.05) is 27.7 Å². The van der Waals surface area contributed by atoms with Crippen molar-refractivity contribution in [1.82, 2.24) is 15.2 Å². The van der Waals surface area contributed by atoms with E-state index in [0.717, 1.165) is 0 Å². The van der Waals surface area contributed by atoms with Crippen LogP contribution in [0.5, 0.6) is 0 Å². The summed E-state index contributed by atoms with van der Waals surface area (Å²) in [4.78, 5) is 36.6. The van der Waals surface area contributed by atoms with Gasteiger partial charge in [-0.15, -0.1) is 0 Å². The van der Waals surface area contributed by atoms with Crippen molar-refractivity contribution in [2.24, 2.45) is 5.73 Å². The van der Waals surface area contributed by atoms with E-state index in [9.17, 15) is 14.4 Å². The van der Waals surface area contributed by atoms with E-state index in [0.29, 0.717) is 23.4 Å². The van der Waals surface area contributed by atoms with Gasteiger partial charge in [0.25, 0.3) is 11.5 Å². The molecule has 0 radical (unpaired) electrons. The van der Waals surface area contributed by atoms with Crippen molar-refractivity contribution in [2.75, 3.05) is 6.54 Å². The van der Waals surface area contributed by atoms with Crippen LogP contribution in [0.25, 0.3) is 0 Å². The van der Waals surface area contributed by atoms with Crippen molar-refractivity contribution >= 4 is 11.8 Å². The summed E-state index contributed by atoms with van der Waals surface area (Å²) in [5, 5.41) is 5.51. The second kappa shape index (κ2) is 7.61. The summed E-state index contributed by atoms with van der Waals surface area (Å²) in [5.74, 6) is -0.574. The summed E-state index contributed by atoms with van der Waals surface area (Å²) < 4.78 is 1.31. The van der Waals surface area contributed by atoms with Gasteiger partial charge in [-0.3, -0.25) is 14.4 Å². The largest absolute Gasteiger partial charge is 0.352 e. The Kier molecular flexibility index (Phi) is 6.31. The van der Waals surface area contributed by atoms with Crippen LogP contribution >= 0.6 is 0 Å². The van der Waals surface area contributed by atoms with E-state index in [-0.39, 0.29) is 30.0 Å². The van der Waals surface area contributed by atoms with Crippen LogP contribution in [0.4, 0.5) is 0 Å². The van der Waals surface area contributed by atoms with Gasteiger partial charge in [0.05, 0.1) is 5.56 Å². The van der Waals surface area contributed by atoms with E-state index in [1.165, 1.54) is 10.6 Å². The molecule has 7 nitrogen and oxygen atoms in total. The lowest BCUT2D eigenvalue weighted by molar-refractivity contribution is -0.122. The highest BCUT2D eigenvalue weighted by Gasteiger charge is 2.20. The molecule has 0 bridgehead atoms. The number of nitrogens with zero attached hydrogens (tertiary/aromatic N) is 1. The quantitative estimate of drug-likeness (QED) is 0.701. The van der Waals surface area contributed by atoms with Gasteiger partial charge in [-0.2, -0.15) is 0 Å². The minimum absolute atomic E-state index is 0.0199. The molecule has 1 aromatic heterocycles. The molecule has 0 aliphatic heterocycles. The molecule has 0 saturated heterocycles. The molecule has 24 heavy (non-hydrogen) atoms. The predicted octanol–water partition coefficient (Wildman–Crippen LogP) is 0.457. The summed E-state index contributed by atoms with van der Waals surface area (Å²) in [6, 6.07) is 1.35. The summed E-state index contributed by atoms with van der Waals surface area (Å²) >= 11 is 0. The summed E-state index contributed by atoms with van der Waals surface area (Å²) in [6.07, 6.45) is 0. The second-order valence-corrected chi connectivity index (χ2v) is 7.11. The van der Waals surface area contributed by atoms with Gasteiger partial charge in [0.15, 0.2) is 0 Å². The molecule has 2 amide bonds. The van der Waals surface area contributed by atoms with Crippen molar-refractivity contribution in [1.29, 1.82) is 0 Å². The van der Waals surface area contributed by atoms with Gasteiger partial charge in [0.1, 0.15) is 6.54 Å². The Labute approximate surface area is 142 Å². The number of rotatable bonds is 6. The van der Waals surface area contributed by atoms with Gasteiger partial charge >= 0.3 is 0 Å². The molecule has 0 saturated carbocycles. The number of aromatic nitrogens is 1. The standard InChI is InChI=1S/C17H28N4O3/c1-10(2)20-13(22)8-21-12(4)15(11(3)7-14(21)23)16(24)19-9-17(5,6)18/h7,10H,8-9,18H2,1-6H3,(H,19,24)(H,20,22). The number of nitrogens with two attached hydrogens (primary N) is 1. The molecule has 0 spiro atoms. The minimum atomic E-state index is -0.539. The zero-order valence-corrected chi connectivity index (χ0v) is 15.3. The molecule has 7 heteroatoms. The number of carbonyl (C=O) groups is 2. The van der Waals surface area contributed by atoms with Gasteiger partial charge in [-0.1, -0.05) is 0 Å². The molecule has 1 heterocycles. The molecular weight excluding hydrogens is 308 g/mol. The lowest BCUT2D eigenvalue weighted by Gasteiger charge is -2.21. The summed E-state index contributed by atoms with van der Waals surface area (Å²) in [6.45, 7) is 10.9. The Morgan fingerprint density at radius 1 is 1.29 bits per heavy atom. The molecular formula is C17H28N4O3.